The minimum atomic E-state index is -0.401. The molecule has 1 rings (SSSR count). The van der Waals surface area contributed by atoms with Crippen LogP contribution in [0.25, 0.3) is 0 Å². The normalized spacial score (nSPS) is 10.2. The molecule has 1 amide bonds. The zero-order valence-corrected chi connectivity index (χ0v) is 11.3. The Morgan fingerprint density at radius 2 is 2.11 bits per heavy atom. The standard InChI is InChI=1S/C12H19N3O3/c1-5-18-12(17)8-14(4)11(16)7-15-10(3)6-9(2)13-15/h6H,5,7-8H2,1-4H3. The van der Waals surface area contributed by atoms with Gasteiger partial charge in [-0.1, -0.05) is 0 Å². The second kappa shape index (κ2) is 6.18. The summed E-state index contributed by atoms with van der Waals surface area (Å²) in [5, 5.41) is 4.20. The first kappa shape index (κ1) is 14.2. The molecule has 0 saturated carbocycles. The number of nitrogens with zero attached hydrogens (tertiary/aromatic N) is 3. The molecule has 0 atom stereocenters. The highest BCUT2D eigenvalue weighted by atomic mass is 16.5. The van der Waals surface area contributed by atoms with Crippen molar-refractivity contribution in [3.05, 3.63) is 17.5 Å². The minimum absolute atomic E-state index is 0.0357. The zero-order chi connectivity index (χ0) is 13.7. The number of ether oxygens (including phenoxy) is 1. The van der Waals surface area contributed by atoms with Crippen molar-refractivity contribution in [2.75, 3.05) is 20.2 Å². The average molecular weight is 253 g/mol. The highest BCUT2D eigenvalue weighted by molar-refractivity contribution is 5.81. The topological polar surface area (TPSA) is 64.4 Å². The Morgan fingerprint density at radius 3 is 2.61 bits per heavy atom. The minimum Gasteiger partial charge on any atom is -0.465 e. The lowest BCUT2D eigenvalue weighted by Crippen LogP contribution is -2.35. The second-order valence-electron chi connectivity index (χ2n) is 4.14. The van der Waals surface area contributed by atoms with E-state index in [0.717, 1.165) is 11.4 Å². The first-order valence-electron chi connectivity index (χ1n) is 5.84. The Labute approximate surface area is 107 Å². The van der Waals surface area contributed by atoms with Crippen LogP contribution in [0.2, 0.25) is 0 Å². The summed E-state index contributed by atoms with van der Waals surface area (Å²) in [5.74, 6) is -0.573. The SMILES string of the molecule is CCOC(=O)CN(C)C(=O)Cn1nc(C)cc1C. The number of carbonyl (C=O) groups is 2. The molecule has 0 spiro atoms. The molecule has 100 valence electrons. The predicted molar refractivity (Wildman–Crippen MR) is 66.0 cm³/mol. The van der Waals surface area contributed by atoms with Gasteiger partial charge in [0, 0.05) is 12.7 Å². The fourth-order valence-electron chi connectivity index (χ4n) is 1.57. The monoisotopic (exact) mass is 253 g/mol. The number of carbonyl (C=O) groups excluding carboxylic acids is 2. The largest absolute Gasteiger partial charge is 0.465 e. The van der Waals surface area contributed by atoms with Gasteiger partial charge in [0.15, 0.2) is 0 Å². The molecule has 0 aliphatic rings. The number of hydrogen-bond donors (Lipinski definition) is 0. The molecule has 0 N–H and O–H groups in total. The van der Waals surface area contributed by atoms with E-state index in [-0.39, 0.29) is 19.0 Å². The van der Waals surface area contributed by atoms with Crippen LogP contribution < -0.4 is 0 Å². The van der Waals surface area contributed by atoms with Gasteiger partial charge in [0.25, 0.3) is 0 Å². The van der Waals surface area contributed by atoms with E-state index < -0.39 is 5.97 Å². The number of aromatic nitrogens is 2. The summed E-state index contributed by atoms with van der Waals surface area (Å²) < 4.78 is 6.41. The van der Waals surface area contributed by atoms with Crippen LogP contribution >= 0.6 is 0 Å². The van der Waals surface area contributed by atoms with Crippen molar-refractivity contribution < 1.29 is 14.3 Å². The van der Waals surface area contributed by atoms with Crippen molar-refractivity contribution in [1.29, 1.82) is 0 Å². The quantitative estimate of drug-likeness (QED) is 0.718. The Kier molecular flexibility index (Phi) is 4.88. The number of rotatable bonds is 5. The zero-order valence-electron chi connectivity index (χ0n) is 11.3. The average Bonchev–Trinajstić information content (AvgIpc) is 2.57. The van der Waals surface area contributed by atoms with E-state index in [1.807, 2.05) is 19.9 Å². The van der Waals surface area contributed by atoms with E-state index in [2.05, 4.69) is 5.10 Å². The molecule has 0 saturated heterocycles. The Hall–Kier alpha value is -1.85. The Balaban J connectivity index is 2.55. The van der Waals surface area contributed by atoms with Crippen LogP contribution in [0, 0.1) is 13.8 Å². The molecular weight excluding hydrogens is 234 g/mol. The van der Waals surface area contributed by atoms with E-state index >= 15 is 0 Å². The van der Waals surface area contributed by atoms with Crippen molar-refractivity contribution >= 4 is 11.9 Å². The van der Waals surface area contributed by atoms with Gasteiger partial charge in [0.1, 0.15) is 13.1 Å². The maximum Gasteiger partial charge on any atom is 0.325 e. The van der Waals surface area contributed by atoms with Crippen molar-refractivity contribution in [3.63, 3.8) is 0 Å². The van der Waals surface area contributed by atoms with Crippen LogP contribution in [0.4, 0.5) is 0 Å². The van der Waals surface area contributed by atoms with Gasteiger partial charge >= 0.3 is 5.97 Å². The predicted octanol–water partition coefficient (Wildman–Crippen LogP) is 0.521. The third kappa shape index (κ3) is 3.87. The van der Waals surface area contributed by atoms with Gasteiger partial charge in [-0.05, 0) is 26.8 Å². The van der Waals surface area contributed by atoms with Gasteiger partial charge in [0.05, 0.1) is 12.3 Å². The number of hydrogen-bond acceptors (Lipinski definition) is 4. The lowest BCUT2D eigenvalue weighted by atomic mass is 10.4. The maximum atomic E-state index is 11.9. The Bertz CT molecular complexity index is 440. The first-order chi connectivity index (χ1) is 8.43. The fourth-order valence-corrected chi connectivity index (χ4v) is 1.57. The number of likely N-dealkylation sites (N-methyl/N-ethyl adjacent to an activating group) is 1. The lowest BCUT2D eigenvalue weighted by Gasteiger charge is -2.16. The van der Waals surface area contributed by atoms with Gasteiger partial charge in [0.2, 0.25) is 5.91 Å². The van der Waals surface area contributed by atoms with E-state index in [0.29, 0.717) is 6.61 Å². The highest BCUT2D eigenvalue weighted by Crippen LogP contribution is 2.02. The third-order valence-electron chi connectivity index (χ3n) is 2.49. The summed E-state index contributed by atoms with van der Waals surface area (Å²) in [6.07, 6.45) is 0. The molecule has 1 aromatic rings. The van der Waals surface area contributed by atoms with Crippen LogP contribution in [0.5, 0.6) is 0 Å². The highest BCUT2D eigenvalue weighted by Gasteiger charge is 2.15. The summed E-state index contributed by atoms with van der Waals surface area (Å²) in [5.41, 5.74) is 1.79. The molecule has 1 heterocycles. The lowest BCUT2D eigenvalue weighted by molar-refractivity contribution is -0.148. The maximum absolute atomic E-state index is 11.9. The summed E-state index contributed by atoms with van der Waals surface area (Å²) in [7, 11) is 1.57. The molecule has 18 heavy (non-hydrogen) atoms. The number of amides is 1. The van der Waals surface area contributed by atoms with E-state index in [4.69, 9.17) is 4.74 Å². The molecular formula is C12H19N3O3. The van der Waals surface area contributed by atoms with Gasteiger partial charge in [-0.3, -0.25) is 14.3 Å². The van der Waals surface area contributed by atoms with Crippen LogP contribution in [-0.4, -0.2) is 46.8 Å². The number of aryl methyl sites for hydroxylation is 2. The van der Waals surface area contributed by atoms with E-state index in [1.54, 1.807) is 18.7 Å². The van der Waals surface area contributed by atoms with Crippen molar-refractivity contribution in [2.45, 2.75) is 27.3 Å². The summed E-state index contributed by atoms with van der Waals surface area (Å²) >= 11 is 0. The Morgan fingerprint density at radius 1 is 1.44 bits per heavy atom. The van der Waals surface area contributed by atoms with E-state index in [1.165, 1.54) is 4.90 Å². The van der Waals surface area contributed by atoms with Gasteiger partial charge in [-0.15, -0.1) is 0 Å². The number of esters is 1. The molecule has 0 aromatic carbocycles. The molecule has 6 heteroatoms. The molecule has 0 radical (unpaired) electrons. The fraction of sp³-hybridized carbons (Fsp3) is 0.583. The molecule has 6 nitrogen and oxygen atoms in total. The van der Waals surface area contributed by atoms with Crippen LogP contribution in [0.15, 0.2) is 6.07 Å². The summed E-state index contributed by atoms with van der Waals surface area (Å²) in [6, 6.07) is 1.90. The molecule has 0 fully saturated rings. The van der Waals surface area contributed by atoms with Crippen LogP contribution in [0.3, 0.4) is 0 Å². The molecule has 0 bridgehead atoms. The molecule has 0 aliphatic heterocycles. The summed E-state index contributed by atoms with van der Waals surface area (Å²) in [6.45, 7) is 5.91. The van der Waals surface area contributed by atoms with Gasteiger partial charge < -0.3 is 9.64 Å². The third-order valence-corrected chi connectivity index (χ3v) is 2.49. The molecule has 0 unspecified atom stereocenters. The van der Waals surface area contributed by atoms with Crippen molar-refractivity contribution in [1.82, 2.24) is 14.7 Å². The molecule has 0 aliphatic carbocycles. The second-order valence-corrected chi connectivity index (χ2v) is 4.14. The van der Waals surface area contributed by atoms with Crippen molar-refractivity contribution in [2.24, 2.45) is 0 Å². The first-order valence-corrected chi connectivity index (χ1v) is 5.84. The van der Waals surface area contributed by atoms with Crippen molar-refractivity contribution in [3.8, 4) is 0 Å². The summed E-state index contributed by atoms with van der Waals surface area (Å²) in [4.78, 5) is 24.5. The smallest absolute Gasteiger partial charge is 0.325 e. The molecule has 1 aromatic heterocycles. The van der Waals surface area contributed by atoms with Gasteiger partial charge in [-0.25, -0.2) is 0 Å². The van der Waals surface area contributed by atoms with Gasteiger partial charge in [-0.2, -0.15) is 5.10 Å². The van der Waals surface area contributed by atoms with Crippen LogP contribution in [-0.2, 0) is 20.9 Å². The van der Waals surface area contributed by atoms with E-state index in [9.17, 15) is 9.59 Å². The van der Waals surface area contributed by atoms with Crippen LogP contribution in [0.1, 0.15) is 18.3 Å².